The number of carbonyl (C=O) groups excluding carboxylic acids is 2. The monoisotopic (exact) mass is 390 g/mol. The van der Waals surface area contributed by atoms with Crippen LogP contribution in [0.4, 0.5) is 11.4 Å². The van der Waals surface area contributed by atoms with E-state index < -0.39 is 10.8 Å². The molecular formula is C23H22N2O4. The summed E-state index contributed by atoms with van der Waals surface area (Å²) in [5.41, 5.74) is 3.96. The van der Waals surface area contributed by atoms with E-state index in [-0.39, 0.29) is 23.8 Å². The van der Waals surface area contributed by atoms with Crippen LogP contribution in [0.15, 0.2) is 59.8 Å². The fourth-order valence-electron chi connectivity index (χ4n) is 4.31. The summed E-state index contributed by atoms with van der Waals surface area (Å²) in [5, 5.41) is 11.2. The second-order valence-electron chi connectivity index (χ2n) is 7.50. The molecule has 29 heavy (non-hydrogen) atoms. The van der Waals surface area contributed by atoms with Crippen LogP contribution in [-0.4, -0.2) is 16.6 Å². The SMILES string of the molecule is CCc1ccc(N2C(=O)CC(c3cccc([N+](=O)[O-])c3)C3=C2CCCC3=O)cc1. The van der Waals surface area contributed by atoms with Gasteiger partial charge in [-0.05, 0) is 42.5 Å². The number of hydrogen-bond donors (Lipinski definition) is 0. The minimum atomic E-state index is -0.451. The number of non-ortho nitro benzene ring substituents is 1. The molecule has 0 N–H and O–H groups in total. The van der Waals surface area contributed by atoms with E-state index in [1.165, 1.54) is 17.7 Å². The molecular weight excluding hydrogens is 368 g/mol. The molecule has 0 spiro atoms. The largest absolute Gasteiger partial charge is 0.294 e. The van der Waals surface area contributed by atoms with Gasteiger partial charge in [0.15, 0.2) is 5.78 Å². The second-order valence-corrected chi connectivity index (χ2v) is 7.50. The zero-order valence-electron chi connectivity index (χ0n) is 16.3. The number of nitro benzene ring substituents is 1. The van der Waals surface area contributed by atoms with Crippen LogP contribution in [0.3, 0.4) is 0 Å². The average molecular weight is 390 g/mol. The van der Waals surface area contributed by atoms with Crippen molar-refractivity contribution in [2.45, 2.75) is 44.9 Å². The number of amides is 1. The Morgan fingerprint density at radius 1 is 1.10 bits per heavy atom. The number of allylic oxidation sites excluding steroid dienone is 2. The number of benzene rings is 2. The van der Waals surface area contributed by atoms with Gasteiger partial charge in [-0.15, -0.1) is 0 Å². The smallest absolute Gasteiger partial charge is 0.269 e. The Morgan fingerprint density at radius 2 is 1.86 bits per heavy atom. The molecule has 1 amide bonds. The zero-order valence-corrected chi connectivity index (χ0v) is 16.3. The molecule has 1 heterocycles. The van der Waals surface area contributed by atoms with Crippen molar-refractivity contribution in [2.75, 3.05) is 4.90 Å². The maximum Gasteiger partial charge on any atom is 0.269 e. The number of anilines is 1. The van der Waals surface area contributed by atoms with E-state index in [2.05, 4.69) is 6.92 Å². The van der Waals surface area contributed by atoms with E-state index >= 15 is 0 Å². The average Bonchev–Trinajstić information content (AvgIpc) is 2.73. The molecule has 0 radical (unpaired) electrons. The topological polar surface area (TPSA) is 80.5 Å². The van der Waals surface area contributed by atoms with Gasteiger partial charge in [0.25, 0.3) is 5.69 Å². The maximum absolute atomic E-state index is 13.2. The highest BCUT2D eigenvalue weighted by atomic mass is 16.6. The first kappa shape index (κ1) is 19.1. The van der Waals surface area contributed by atoms with Crippen LogP contribution in [0.1, 0.15) is 49.7 Å². The van der Waals surface area contributed by atoms with Crippen molar-refractivity contribution in [1.29, 1.82) is 0 Å². The molecule has 2 aliphatic rings. The summed E-state index contributed by atoms with van der Waals surface area (Å²) in [7, 11) is 0. The Kier molecular flexibility index (Phi) is 5.01. The fourth-order valence-corrected chi connectivity index (χ4v) is 4.31. The van der Waals surface area contributed by atoms with Gasteiger partial charge in [-0.3, -0.25) is 24.6 Å². The predicted octanol–water partition coefficient (Wildman–Crippen LogP) is 4.68. The summed E-state index contributed by atoms with van der Waals surface area (Å²) in [6.45, 7) is 2.07. The third-order valence-corrected chi connectivity index (χ3v) is 5.76. The Labute approximate surface area is 169 Å². The molecule has 4 rings (SSSR count). The molecule has 6 heteroatoms. The van der Waals surface area contributed by atoms with Gasteiger partial charge in [0.2, 0.25) is 5.91 Å². The van der Waals surface area contributed by atoms with Crippen molar-refractivity contribution in [3.05, 3.63) is 81.0 Å². The molecule has 2 aromatic rings. The molecule has 1 atom stereocenters. The van der Waals surface area contributed by atoms with Crippen molar-refractivity contribution in [1.82, 2.24) is 0 Å². The lowest BCUT2D eigenvalue weighted by Crippen LogP contribution is -2.40. The number of Topliss-reactive ketones (excluding diaryl/α,β-unsaturated/α-hetero) is 1. The highest BCUT2D eigenvalue weighted by Crippen LogP contribution is 2.43. The Bertz CT molecular complexity index is 1020. The normalized spacial score (nSPS) is 19.3. The van der Waals surface area contributed by atoms with E-state index in [1.807, 2.05) is 24.3 Å². The summed E-state index contributed by atoms with van der Waals surface area (Å²) in [6.07, 6.45) is 2.84. The van der Waals surface area contributed by atoms with Crippen LogP contribution in [0.5, 0.6) is 0 Å². The van der Waals surface area contributed by atoms with Crippen molar-refractivity contribution in [2.24, 2.45) is 0 Å². The highest BCUT2D eigenvalue weighted by molar-refractivity contribution is 6.07. The third-order valence-electron chi connectivity index (χ3n) is 5.76. The zero-order chi connectivity index (χ0) is 20.5. The Hall–Kier alpha value is -3.28. The molecule has 148 valence electrons. The van der Waals surface area contributed by atoms with Gasteiger partial charge in [0.1, 0.15) is 0 Å². The molecule has 6 nitrogen and oxygen atoms in total. The highest BCUT2D eigenvalue weighted by Gasteiger charge is 2.40. The number of aryl methyl sites for hydroxylation is 1. The standard InChI is InChI=1S/C23H22N2O4/c1-2-15-9-11-17(12-10-15)24-20-7-4-8-21(26)23(20)19(14-22(24)27)16-5-3-6-18(13-16)25(28)29/h3,5-6,9-13,19H,2,4,7-8,14H2,1H3. The van der Waals surface area contributed by atoms with Crippen LogP contribution in [0.25, 0.3) is 0 Å². The maximum atomic E-state index is 13.2. The van der Waals surface area contributed by atoms with Crippen molar-refractivity contribution >= 4 is 23.1 Å². The van der Waals surface area contributed by atoms with Crippen LogP contribution < -0.4 is 4.90 Å². The van der Waals surface area contributed by atoms with E-state index in [9.17, 15) is 19.7 Å². The molecule has 1 aliphatic heterocycles. The van der Waals surface area contributed by atoms with Crippen molar-refractivity contribution < 1.29 is 14.5 Å². The third kappa shape index (κ3) is 3.46. The number of hydrogen-bond acceptors (Lipinski definition) is 4. The summed E-state index contributed by atoms with van der Waals surface area (Å²) in [4.78, 5) is 38.5. The van der Waals surface area contributed by atoms with Gasteiger partial charge < -0.3 is 0 Å². The van der Waals surface area contributed by atoms with Gasteiger partial charge in [-0.2, -0.15) is 0 Å². The molecule has 0 saturated heterocycles. The molecule has 1 aliphatic carbocycles. The Balaban J connectivity index is 1.82. The first-order valence-corrected chi connectivity index (χ1v) is 9.92. The van der Waals surface area contributed by atoms with Crippen molar-refractivity contribution in [3.8, 4) is 0 Å². The number of carbonyl (C=O) groups is 2. The van der Waals surface area contributed by atoms with Crippen LogP contribution in [-0.2, 0) is 16.0 Å². The lowest BCUT2D eigenvalue weighted by atomic mass is 9.77. The number of ketones is 1. The molecule has 0 fully saturated rings. The number of rotatable bonds is 4. The quantitative estimate of drug-likeness (QED) is 0.560. The van der Waals surface area contributed by atoms with Crippen LogP contribution in [0, 0.1) is 10.1 Å². The van der Waals surface area contributed by atoms with Crippen LogP contribution >= 0.6 is 0 Å². The Morgan fingerprint density at radius 3 is 2.55 bits per heavy atom. The molecule has 2 aromatic carbocycles. The van der Waals surface area contributed by atoms with Gasteiger partial charge >= 0.3 is 0 Å². The lowest BCUT2D eigenvalue weighted by molar-refractivity contribution is -0.384. The van der Waals surface area contributed by atoms with Gasteiger partial charge in [0, 0.05) is 47.8 Å². The van der Waals surface area contributed by atoms with E-state index in [0.29, 0.717) is 30.4 Å². The lowest BCUT2D eigenvalue weighted by Gasteiger charge is -2.38. The van der Waals surface area contributed by atoms with Crippen molar-refractivity contribution in [3.63, 3.8) is 0 Å². The minimum Gasteiger partial charge on any atom is -0.294 e. The van der Waals surface area contributed by atoms with Crippen LogP contribution in [0.2, 0.25) is 0 Å². The fraction of sp³-hybridized carbons (Fsp3) is 0.304. The summed E-state index contributed by atoms with van der Waals surface area (Å²) >= 11 is 0. The summed E-state index contributed by atoms with van der Waals surface area (Å²) in [5.74, 6) is -0.485. The summed E-state index contributed by atoms with van der Waals surface area (Å²) < 4.78 is 0. The molecule has 0 saturated carbocycles. The van der Waals surface area contributed by atoms with Gasteiger partial charge in [-0.25, -0.2) is 0 Å². The summed E-state index contributed by atoms with van der Waals surface area (Å²) in [6, 6.07) is 14.1. The number of nitro groups is 1. The minimum absolute atomic E-state index is 0.0297. The molecule has 0 bridgehead atoms. The predicted molar refractivity (Wildman–Crippen MR) is 110 cm³/mol. The molecule has 0 aromatic heterocycles. The molecule has 1 unspecified atom stereocenters. The number of nitrogens with zero attached hydrogens (tertiary/aromatic N) is 2. The van der Waals surface area contributed by atoms with Gasteiger partial charge in [-0.1, -0.05) is 31.2 Å². The first-order chi connectivity index (χ1) is 14.0. The van der Waals surface area contributed by atoms with E-state index in [0.717, 1.165) is 17.8 Å². The van der Waals surface area contributed by atoms with Gasteiger partial charge in [0.05, 0.1) is 4.92 Å². The first-order valence-electron chi connectivity index (χ1n) is 9.92. The van der Waals surface area contributed by atoms with E-state index in [4.69, 9.17) is 0 Å². The van der Waals surface area contributed by atoms with E-state index in [1.54, 1.807) is 17.0 Å². The second kappa shape index (κ2) is 7.62.